The molecule has 0 radical (unpaired) electrons. The highest BCUT2D eigenvalue weighted by molar-refractivity contribution is 5.94. The van der Waals surface area contributed by atoms with Gasteiger partial charge in [0.1, 0.15) is 11.4 Å². The van der Waals surface area contributed by atoms with Gasteiger partial charge in [-0.05, 0) is 32.9 Å². The summed E-state index contributed by atoms with van der Waals surface area (Å²) in [6.45, 7) is 6.62. The predicted molar refractivity (Wildman–Crippen MR) is 93.4 cm³/mol. The van der Waals surface area contributed by atoms with Gasteiger partial charge < -0.3 is 19.4 Å². The van der Waals surface area contributed by atoms with Gasteiger partial charge in [-0.3, -0.25) is 9.48 Å². The molecule has 3 rings (SSSR count). The molecule has 0 unspecified atom stereocenters. The first-order valence-corrected chi connectivity index (χ1v) is 8.58. The van der Waals surface area contributed by atoms with Crippen LogP contribution < -0.4 is 5.32 Å². The van der Waals surface area contributed by atoms with Gasteiger partial charge in [0.05, 0.1) is 19.4 Å². The van der Waals surface area contributed by atoms with Gasteiger partial charge in [0.25, 0.3) is 5.91 Å². The number of amides is 2. The van der Waals surface area contributed by atoms with Crippen LogP contribution in [0.5, 0.6) is 0 Å². The summed E-state index contributed by atoms with van der Waals surface area (Å²) in [5.74, 6) is 0.378. The molecule has 0 aliphatic carbocycles. The van der Waals surface area contributed by atoms with Crippen molar-refractivity contribution in [2.24, 2.45) is 7.05 Å². The van der Waals surface area contributed by atoms with Crippen molar-refractivity contribution in [3.63, 3.8) is 0 Å². The molecular formula is C18H24N4O4. The topological polar surface area (TPSA) is 89.6 Å². The predicted octanol–water partition coefficient (Wildman–Crippen LogP) is 2.24. The van der Waals surface area contributed by atoms with E-state index in [2.05, 4.69) is 10.4 Å². The highest BCUT2D eigenvalue weighted by atomic mass is 16.6. The Morgan fingerprint density at radius 3 is 2.81 bits per heavy atom. The highest BCUT2D eigenvalue weighted by Gasteiger charge is 2.31. The molecule has 26 heavy (non-hydrogen) atoms. The van der Waals surface area contributed by atoms with E-state index in [1.165, 1.54) is 0 Å². The van der Waals surface area contributed by atoms with E-state index in [-0.39, 0.29) is 18.5 Å². The van der Waals surface area contributed by atoms with Gasteiger partial charge >= 0.3 is 6.09 Å². The largest absolute Gasteiger partial charge is 0.467 e. The highest BCUT2D eigenvalue weighted by Crippen LogP contribution is 2.24. The molecule has 3 heterocycles. The van der Waals surface area contributed by atoms with Crippen LogP contribution in [0.2, 0.25) is 0 Å². The van der Waals surface area contributed by atoms with Crippen LogP contribution in [-0.4, -0.2) is 38.8 Å². The maximum Gasteiger partial charge on any atom is 0.410 e. The minimum Gasteiger partial charge on any atom is -0.467 e. The summed E-state index contributed by atoms with van der Waals surface area (Å²) in [5.41, 5.74) is 1.51. The zero-order valence-corrected chi connectivity index (χ0v) is 15.5. The molecule has 8 nitrogen and oxygen atoms in total. The van der Waals surface area contributed by atoms with Crippen molar-refractivity contribution < 1.29 is 18.7 Å². The van der Waals surface area contributed by atoms with Crippen LogP contribution in [0, 0.1) is 0 Å². The number of nitrogens with zero attached hydrogens (tertiary/aromatic N) is 3. The molecule has 0 fully saturated rings. The van der Waals surface area contributed by atoms with Crippen LogP contribution >= 0.6 is 0 Å². The smallest absolute Gasteiger partial charge is 0.410 e. The zero-order valence-electron chi connectivity index (χ0n) is 15.5. The molecule has 0 aromatic carbocycles. The maximum atomic E-state index is 12.6. The summed E-state index contributed by atoms with van der Waals surface area (Å²) in [4.78, 5) is 26.5. The van der Waals surface area contributed by atoms with E-state index in [1.807, 2.05) is 27.8 Å². The van der Waals surface area contributed by atoms with E-state index in [0.717, 1.165) is 11.3 Å². The second kappa shape index (κ2) is 6.86. The first-order chi connectivity index (χ1) is 12.2. The number of hydrogen-bond donors (Lipinski definition) is 1. The molecule has 1 aliphatic rings. The zero-order chi connectivity index (χ0) is 18.9. The monoisotopic (exact) mass is 360 g/mol. The lowest BCUT2D eigenvalue weighted by Gasteiger charge is -2.30. The van der Waals surface area contributed by atoms with Crippen LogP contribution in [0.15, 0.2) is 22.8 Å². The second-order valence-corrected chi connectivity index (χ2v) is 7.31. The third-order valence-electron chi connectivity index (χ3n) is 4.11. The molecule has 1 N–H and O–H groups in total. The SMILES string of the molecule is Cn1nc(C(=O)NCc2ccco2)c2c1CCN(C(=O)OC(C)(C)C)C2. The van der Waals surface area contributed by atoms with E-state index >= 15 is 0 Å². The number of aryl methyl sites for hydroxylation is 1. The van der Waals surface area contributed by atoms with Gasteiger partial charge in [0, 0.05) is 31.3 Å². The van der Waals surface area contributed by atoms with Crippen molar-refractivity contribution in [3.05, 3.63) is 41.1 Å². The molecule has 0 saturated carbocycles. The summed E-state index contributed by atoms with van der Waals surface area (Å²) in [6, 6.07) is 3.56. The molecule has 0 spiro atoms. The Labute approximate surface area is 152 Å². The van der Waals surface area contributed by atoms with E-state index in [4.69, 9.17) is 9.15 Å². The van der Waals surface area contributed by atoms with E-state index < -0.39 is 5.60 Å². The number of rotatable bonds is 3. The fraction of sp³-hybridized carbons (Fsp3) is 0.500. The van der Waals surface area contributed by atoms with Crippen molar-refractivity contribution in [1.82, 2.24) is 20.0 Å². The molecule has 0 bridgehead atoms. The van der Waals surface area contributed by atoms with Gasteiger partial charge in [-0.25, -0.2) is 4.79 Å². The molecule has 2 amide bonds. The van der Waals surface area contributed by atoms with Crippen LogP contribution in [0.1, 0.15) is 48.3 Å². The summed E-state index contributed by atoms with van der Waals surface area (Å²) in [7, 11) is 1.81. The standard InChI is InChI=1S/C18H24N4O4/c1-18(2,3)26-17(24)22-8-7-14-13(11-22)15(20-21(14)4)16(23)19-10-12-6-5-9-25-12/h5-6,9H,7-8,10-11H2,1-4H3,(H,19,23). The number of carbonyl (C=O) groups is 2. The molecule has 140 valence electrons. The van der Waals surface area contributed by atoms with Crippen molar-refractivity contribution in [2.75, 3.05) is 6.54 Å². The van der Waals surface area contributed by atoms with E-state index in [9.17, 15) is 9.59 Å². The summed E-state index contributed by atoms with van der Waals surface area (Å²) >= 11 is 0. The average molecular weight is 360 g/mol. The lowest BCUT2D eigenvalue weighted by molar-refractivity contribution is 0.0221. The molecular weight excluding hydrogens is 336 g/mol. The lowest BCUT2D eigenvalue weighted by Crippen LogP contribution is -2.40. The Kier molecular flexibility index (Phi) is 4.76. The molecule has 2 aromatic rings. The van der Waals surface area contributed by atoms with Crippen LogP contribution in [0.4, 0.5) is 4.79 Å². The van der Waals surface area contributed by atoms with Crippen molar-refractivity contribution in [2.45, 2.75) is 45.9 Å². The Bertz CT molecular complexity index is 802. The number of carbonyl (C=O) groups excluding carboxylic acids is 2. The molecule has 2 aromatic heterocycles. The minimum atomic E-state index is -0.560. The Hall–Kier alpha value is -2.77. The Balaban J connectivity index is 1.74. The maximum absolute atomic E-state index is 12.6. The van der Waals surface area contributed by atoms with Gasteiger partial charge in [-0.1, -0.05) is 0 Å². The average Bonchev–Trinajstić information content (AvgIpc) is 3.19. The van der Waals surface area contributed by atoms with Gasteiger partial charge in [0.15, 0.2) is 5.69 Å². The first kappa shape index (κ1) is 18.0. The van der Waals surface area contributed by atoms with Crippen molar-refractivity contribution >= 4 is 12.0 Å². The number of fused-ring (bicyclic) bond motifs is 1. The Morgan fingerprint density at radius 2 is 2.15 bits per heavy atom. The third kappa shape index (κ3) is 3.89. The van der Waals surface area contributed by atoms with E-state index in [1.54, 1.807) is 28.0 Å². The Morgan fingerprint density at radius 1 is 1.38 bits per heavy atom. The molecule has 1 aliphatic heterocycles. The number of nitrogens with one attached hydrogen (secondary N) is 1. The quantitative estimate of drug-likeness (QED) is 0.907. The van der Waals surface area contributed by atoms with Gasteiger partial charge in [-0.15, -0.1) is 0 Å². The molecule has 0 atom stereocenters. The molecule has 8 heteroatoms. The summed E-state index contributed by atoms with van der Waals surface area (Å²) in [5, 5.41) is 7.16. The minimum absolute atomic E-state index is 0.285. The number of hydrogen-bond acceptors (Lipinski definition) is 5. The van der Waals surface area contributed by atoms with Crippen LogP contribution in [0.25, 0.3) is 0 Å². The molecule has 0 saturated heterocycles. The fourth-order valence-corrected chi connectivity index (χ4v) is 2.92. The number of ether oxygens (including phenoxy) is 1. The number of furan rings is 1. The second-order valence-electron chi connectivity index (χ2n) is 7.31. The van der Waals surface area contributed by atoms with Gasteiger partial charge in [-0.2, -0.15) is 5.10 Å². The van der Waals surface area contributed by atoms with Gasteiger partial charge in [0.2, 0.25) is 0 Å². The van der Waals surface area contributed by atoms with Crippen molar-refractivity contribution in [1.29, 1.82) is 0 Å². The normalized spacial score (nSPS) is 14.1. The number of aromatic nitrogens is 2. The lowest BCUT2D eigenvalue weighted by atomic mass is 10.1. The van der Waals surface area contributed by atoms with Crippen LogP contribution in [-0.2, 0) is 31.3 Å². The van der Waals surface area contributed by atoms with Crippen LogP contribution in [0.3, 0.4) is 0 Å². The first-order valence-electron chi connectivity index (χ1n) is 8.58. The summed E-state index contributed by atoms with van der Waals surface area (Å²) < 4.78 is 12.4. The summed E-state index contributed by atoms with van der Waals surface area (Å²) in [6.07, 6.45) is 1.81. The fourth-order valence-electron chi connectivity index (χ4n) is 2.92. The van der Waals surface area contributed by atoms with E-state index in [0.29, 0.717) is 31.0 Å². The third-order valence-corrected chi connectivity index (χ3v) is 4.11. The van der Waals surface area contributed by atoms with Crippen molar-refractivity contribution in [3.8, 4) is 0 Å².